The van der Waals surface area contributed by atoms with E-state index in [2.05, 4.69) is 5.10 Å². The average molecular weight is 359 g/mol. The van der Waals surface area contributed by atoms with E-state index >= 15 is 0 Å². The summed E-state index contributed by atoms with van der Waals surface area (Å²) in [6.45, 7) is 0. The number of rotatable bonds is 3. The molecule has 4 nitrogen and oxygen atoms in total. The van der Waals surface area contributed by atoms with Crippen molar-refractivity contribution in [3.8, 4) is 11.1 Å². The first-order valence-corrected chi connectivity index (χ1v) is 8.18. The molecule has 26 heavy (non-hydrogen) atoms. The van der Waals surface area contributed by atoms with Crippen molar-refractivity contribution in [3.05, 3.63) is 53.7 Å². The van der Waals surface area contributed by atoms with Crippen molar-refractivity contribution in [2.75, 3.05) is 0 Å². The maximum absolute atomic E-state index is 12.8. The molecule has 1 amide bonds. The van der Waals surface area contributed by atoms with Crippen LogP contribution in [-0.2, 0) is 18.0 Å². The van der Waals surface area contributed by atoms with Crippen molar-refractivity contribution in [1.82, 2.24) is 9.78 Å². The number of nitrogens with zero attached hydrogens (tertiary/aromatic N) is 2. The molecule has 7 heteroatoms. The second-order valence-electron chi connectivity index (χ2n) is 6.69. The van der Waals surface area contributed by atoms with Gasteiger partial charge in [-0.1, -0.05) is 18.2 Å². The van der Waals surface area contributed by atoms with E-state index in [0.29, 0.717) is 12.0 Å². The van der Waals surface area contributed by atoms with Gasteiger partial charge in [-0.2, -0.15) is 18.3 Å². The third-order valence-corrected chi connectivity index (χ3v) is 5.00. The Morgan fingerprint density at radius 3 is 2.46 bits per heavy atom. The van der Waals surface area contributed by atoms with E-state index in [0.717, 1.165) is 34.2 Å². The molecule has 1 heterocycles. The Hall–Kier alpha value is -2.83. The number of carbonyl (C=O) groups is 1. The van der Waals surface area contributed by atoms with Gasteiger partial charge in [-0.3, -0.25) is 9.48 Å². The van der Waals surface area contributed by atoms with Gasteiger partial charge in [0.2, 0.25) is 5.91 Å². The molecule has 2 aromatic carbocycles. The average Bonchev–Trinajstić information content (AvgIpc) is 3.31. The molecule has 134 valence electrons. The fraction of sp³-hybridized carbons (Fsp3) is 0.263. The zero-order valence-corrected chi connectivity index (χ0v) is 13.9. The van der Waals surface area contributed by atoms with Gasteiger partial charge in [0, 0.05) is 18.4 Å². The zero-order chi connectivity index (χ0) is 18.6. The van der Waals surface area contributed by atoms with Gasteiger partial charge in [0.15, 0.2) is 0 Å². The molecular formula is C19H16F3N3O. The Labute approximate surface area is 147 Å². The van der Waals surface area contributed by atoms with Crippen LogP contribution < -0.4 is 5.73 Å². The predicted molar refractivity (Wildman–Crippen MR) is 91.2 cm³/mol. The summed E-state index contributed by atoms with van der Waals surface area (Å²) in [6.07, 6.45) is -1.92. The van der Waals surface area contributed by atoms with Gasteiger partial charge in [-0.25, -0.2) is 0 Å². The van der Waals surface area contributed by atoms with Crippen molar-refractivity contribution >= 4 is 16.8 Å². The van der Waals surface area contributed by atoms with Crippen molar-refractivity contribution < 1.29 is 18.0 Å². The Balaban J connectivity index is 1.81. The van der Waals surface area contributed by atoms with E-state index in [9.17, 15) is 18.0 Å². The summed E-state index contributed by atoms with van der Waals surface area (Å²) >= 11 is 0. The fourth-order valence-corrected chi connectivity index (χ4v) is 3.45. The number of hydrogen-bond donors (Lipinski definition) is 1. The Morgan fingerprint density at radius 1 is 1.19 bits per heavy atom. The molecule has 2 atom stereocenters. The molecule has 0 saturated heterocycles. The number of carbonyl (C=O) groups excluding carboxylic acids is 1. The smallest absolute Gasteiger partial charge is 0.369 e. The predicted octanol–water partition coefficient (Wildman–Crippen LogP) is 3.85. The minimum atomic E-state index is -4.36. The topological polar surface area (TPSA) is 60.9 Å². The lowest BCUT2D eigenvalue weighted by Gasteiger charge is -2.10. The number of amides is 1. The molecule has 3 aromatic rings. The number of benzene rings is 2. The van der Waals surface area contributed by atoms with E-state index in [1.807, 2.05) is 12.1 Å². The second-order valence-corrected chi connectivity index (χ2v) is 6.69. The summed E-state index contributed by atoms with van der Waals surface area (Å²) in [5.41, 5.74) is 8.04. The molecule has 1 saturated carbocycles. The summed E-state index contributed by atoms with van der Waals surface area (Å²) in [5, 5.41) is 5.21. The summed E-state index contributed by atoms with van der Waals surface area (Å²) in [5.74, 6) is -0.484. The normalized spacial score (nSPS) is 19.7. The first-order valence-electron chi connectivity index (χ1n) is 8.18. The molecule has 0 bridgehead atoms. The molecule has 1 aliphatic rings. The molecular weight excluding hydrogens is 343 g/mol. The lowest BCUT2D eigenvalue weighted by Crippen LogP contribution is -2.13. The molecule has 1 fully saturated rings. The van der Waals surface area contributed by atoms with E-state index in [4.69, 9.17) is 5.73 Å². The van der Waals surface area contributed by atoms with Crippen LogP contribution in [0, 0.1) is 5.92 Å². The van der Waals surface area contributed by atoms with Crippen LogP contribution >= 0.6 is 0 Å². The van der Waals surface area contributed by atoms with Gasteiger partial charge in [-0.05, 0) is 47.2 Å². The Morgan fingerprint density at radius 2 is 1.88 bits per heavy atom. The lowest BCUT2D eigenvalue weighted by atomic mass is 9.96. The van der Waals surface area contributed by atoms with Crippen LogP contribution in [0.4, 0.5) is 13.2 Å². The molecule has 0 spiro atoms. The van der Waals surface area contributed by atoms with Gasteiger partial charge < -0.3 is 5.73 Å². The number of halogens is 3. The summed E-state index contributed by atoms with van der Waals surface area (Å²) in [6, 6.07) is 8.90. The van der Waals surface area contributed by atoms with E-state index in [1.54, 1.807) is 17.9 Å². The van der Waals surface area contributed by atoms with Crippen LogP contribution in [0.2, 0.25) is 0 Å². The van der Waals surface area contributed by atoms with Crippen LogP contribution in [0.15, 0.2) is 42.6 Å². The highest BCUT2D eigenvalue weighted by atomic mass is 19.4. The number of aryl methyl sites for hydroxylation is 1. The fourth-order valence-electron chi connectivity index (χ4n) is 3.45. The number of alkyl halides is 3. The molecule has 1 unspecified atom stereocenters. The van der Waals surface area contributed by atoms with E-state index in [-0.39, 0.29) is 17.7 Å². The molecule has 0 radical (unpaired) electrons. The van der Waals surface area contributed by atoms with Gasteiger partial charge in [0.1, 0.15) is 0 Å². The number of hydrogen-bond acceptors (Lipinski definition) is 2. The molecule has 2 N–H and O–H groups in total. The molecule has 1 aliphatic carbocycles. The minimum absolute atomic E-state index is 0.0357. The van der Waals surface area contributed by atoms with Crippen LogP contribution in [-0.4, -0.2) is 15.7 Å². The van der Waals surface area contributed by atoms with Crippen molar-refractivity contribution in [1.29, 1.82) is 0 Å². The first kappa shape index (κ1) is 16.6. The van der Waals surface area contributed by atoms with Crippen LogP contribution in [0.3, 0.4) is 0 Å². The zero-order valence-electron chi connectivity index (χ0n) is 13.9. The maximum Gasteiger partial charge on any atom is 0.416 e. The third-order valence-electron chi connectivity index (χ3n) is 5.00. The highest BCUT2D eigenvalue weighted by Gasteiger charge is 2.43. The Bertz CT molecular complexity index is 1010. The van der Waals surface area contributed by atoms with Crippen molar-refractivity contribution in [2.45, 2.75) is 18.5 Å². The SMILES string of the molecule is Cn1ncc2c(C3C[C@H]3C(N)=O)cc(-c3ccc(C(F)(F)F)cc3)cc21. The molecule has 1 aromatic heterocycles. The van der Waals surface area contributed by atoms with E-state index in [1.165, 1.54) is 12.1 Å². The standard InChI is InChI=1S/C19H16F3N3O/c1-25-17-7-11(10-2-4-12(5-3-10)19(20,21)22)6-13(16(17)9-24-25)14-8-15(14)18(23)26/h2-7,9,14-15H,8H2,1H3,(H2,23,26)/t14?,15-/m1/s1. The molecule has 4 rings (SSSR count). The summed E-state index contributed by atoms with van der Waals surface area (Å²) < 4.78 is 40.1. The molecule has 0 aliphatic heterocycles. The highest BCUT2D eigenvalue weighted by molar-refractivity contribution is 5.90. The largest absolute Gasteiger partial charge is 0.416 e. The monoisotopic (exact) mass is 359 g/mol. The Kier molecular flexibility index (Phi) is 3.57. The summed E-state index contributed by atoms with van der Waals surface area (Å²) in [7, 11) is 1.81. The van der Waals surface area contributed by atoms with Gasteiger partial charge in [0.05, 0.1) is 17.3 Å². The second kappa shape index (κ2) is 5.59. The summed E-state index contributed by atoms with van der Waals surface area (Å²) in [4.78, 5) is 11.5. The van der Waals surface area contributed by atoms with Crippen LogP contribution in [0.5, 0.6) is 0 Å². The highest BCUT2D eigenvalue weighted by Crippen LogP contribution is 2.50. The number of fused-ring (bicyclic) bond motifs is 1. The van der Waals surface area contributed by atoms with Gasteiger partial charge >= 0.3 is 6.18 Å². The quantitative estimate of drug-likeness (QED) is 0.772. The van der Waals surface area contributed by atoms with Gasteiger partial charge in [0.25, 0.3) is 0 Å². The van der Waals surface area contributed by atoms with Gasteiger partial charge in [-0.15, -0.1) is 0 Å². The van der Waals surface area contributed by atoms with E-state index < -0.39 is 11.7 Å². The number of nitrogens with two attached hydrogens (primary N) is 1. The van der Waals surface area contributed by atoms with Crippen molar-refractivity contribution in [2.24, 2.45) is 18.7 Å². The lowest BCUT2D eigenvalue weighted by molar-refractivity contribution is -0.137. The van der Waals surface area contributed by atoms with Crippen LogP contribution in [0.1, 0.15) is 23.5 Å². The maximum atomic E-state index is 12.8. The third kappa shape index (κ3) is 2.73. The van der Waals surface area contributed by atoms with Crippen molar-refractivity contribution in [3.63, 3.8) is 0 Å². The number of primary amides is 1. The first-order chi connectivity index (χ1) is 12.3. The van der Waals surface area contributed by atoms with Crippen LogP contribution in [0.25, 0.3) is 22.0 Å². The minimum Gasteiger partial charge on any atom is -0.369 e. The number of aromatic nitrogens is 2.